The van der Waals surface area contributed by atoms with Crippen LogP contribution in [0.3, 0.4) is 0 Å². The second-order valence-corrected chi connectivity index (χ2v) is 12.4. The number of allylic oxidation sites excluding steroid dienone is 4. The molecule has 170 valence electrons. The highest BCUT2D eigenvalue weighted by atomic mass is 16.3. The van der Waals surface area contributed by atoms with Crippen LogP contribution in [0.1, 0.15) is 106 Å². The predicted molar refractivity (Wildman–Crippen MR) is 128 cm³/mol. The van der Waals surface area contributed by atoms with E-state index in [-0.39, 0.29) is 6.10 Å². The van der Waals surface area contributed by atoms with Gasteiger partial charge in [0.25, 0.3) is 0 Å². The van der Waals surface area contributed by atoms with Gasteiger partial charge in [-0.15, -0.1) is 0 Å². The van der Waals surface area contributed by atoms with Crippen LogP contribution in [0.2, 0.25) is 0 Å². The van der Waals surface area contributed by atoms with Gasteiger partial charge in [0.2, 0.25) is 0 Å². The van der Waals surface area contributed by atoms with Crippen molar-refractivity contribution in [1.29, 1.82) is 0 Å². The lowest BCUT2D eigenvalue weighted by atomic mass is 9.50. The summed E-state index contributed by atoms with van der Waals surface area (Å²) in [6, 6.07) is 0. The summed E-state index contributed by atoms with van der Waals surface area (Å²) in [7, 11) is 0. The zero-order valence-electron chi connectivity index (χ0n) is 20.7. The van der Waals surface area contributed by atoms with Crippen LogP contribution in [0, 0.1) is 46.3 Å². The SMILES string of the molecule is CCC(C=C[C@@H](C)[C@H]1CC[C@H]2C3=C(CC[C@]12C)[C@@]1(C)CC[C@H](O)C[C@@H]1CC3)C(C)C. The Hall–Kier alpha value is -0.560. The fraction of sp³-hybridized carbons (Fsp3) is 0.862. The van der Waals surface area contributed by atoms with Crippen LogP contribution in [-0.2, 0) is 0 Å². The molecule has 2 saturated carbocycles. The Kier molecular flexibility index (Phi) is 6.35. The fourth-order valence-corrected chi connectivity index (χ4v) is 8.62. The van der Waals surface area contributed by atoms with Crippen molar-refractivity contribution in [3.8, 4) is 0 Å². The minimum atomic E-state index is -0.0413. The topological polar surface area (TPSA) is 20.2 Å². The second-order valence-electron chi connectivity index (χ2n) is 12.4. The van der Waals surface area contributed by atoms with E-state index in [1.807, 2.05) is 11.1 Å². The molecule has 0 aromatic carbocycles. The summed E-state index contributed by atoms with van der Waals surface area (Å²) in [5, 5.41) is 10.3. The molecule has 0 aromatic heterocycles. The Morgan fingerprint density at radius 2 is 1.77 bits per heavy atom. The summed E-state index contributed by atoms with van der Waals surface area (Å²) in [6.45, 7) is 14.8. The molecule has 0 spiro atoms. The molecule has 0 aromatic rings. The van der Waals surface area contributed by atoms with Crippen molar-refractivity contribution in [2.45, 2.75) is 112 Å². The summed E-state index contributed by atoms with van der Waals surface area (Å²) in [6.07, 6.45) is 17.9. The van der Waals surface area contributed by atoms with E-state index in [4.69, 9.17) is 0 Å². The van der Waals surface area contributed by atoms with E-state index in [9.17, 15) is 5.11 Å². The molecule has 0 heterocycles. The van der Waals surface area contributed by atoms with Gasteiger partial charge in [-0.05, 0) is 111 Å². The Bertz CT molecular complexity index is 686. The van der Waals surface area contributed by atoms with Crippen molar-refractivity contribution >= 4 is 0 Å². The standard InChI is InChI=1S/C29H48O/c1-7-21(19(2)3)9-8-20(4)25-12-13-26-24-11-10-22-18-23(30)14-16-28(22,5)27(24)15-17-29(25,26)6/h8-9,19-23,25-26,30H,7,10-18H2,1-6H3/t20-,21?,22+,23+,25-,26+,28+,29-/m1/s1. The molecule has 1 N–H and O–H groups in total. The maximum absolute atomic E-state index is 10.3. The highest BCUT2D eigenvalue weighted by molar-refractivity contribution is 5.34. The first-order chi connectivity index (χ1) is 14.2. The molecule has 0 saturated heterocycles. The molecule has 4 aliphatic carbocycles. The predicted octanol–water partition coefficient (Wildman–Crippen LogP) is 7.94. The van der Waals surface area contributed by atoms with Crippen LogP contribution in [0.4, 0.5) is 0 Å². The highest BCUT2D eigenvalue weighted by Crippen LogP contribution is 2.65. The maximum Gasteiger partial charge on any atom is 0.0543 e. The zero-order valence-corrected chi connectivity index (χ0v) is 20.7. The zero-order chi connectivity index (χ0) is 21.7. The number of aliphatic hydroxyl groups is 1. The third kappa shape index (κ3) is 3.66. The van der Waals surface area contributed by atoms with E-state index >= 15 is 0 Å². The third-order valence-corrected chi connectivity index (χ3v) is 10.7. The van der Waals surface area contributed by atoms with Gasteiger partial charge in [0.15, 0.2) is 0 Å². The van der Waals surface area contributed by atoms with Gasteiger partial charge in [-0.1, -0.05) is 64.8 Å². The van der Waals surface area contributed by atoms with Crippen LogP contribution < -0.4 is 0 Å². The van der Waals surface area contributed by atoms with E-state index in [1.165, 1.54) is 51.4 Å². The summed E-state index contributed by atoms with van der Waals surface area (Å²) in [5.74, 6) is 4.58. The molecule has 2 fully saturated rings. The molecule has 0 aliphatic heterocycles. The summed E-state index contributed by atoms with van der Waals surface area (Å²) in [4.78, 5) is 0. The summed E-state index contributed by atoms with van der Waals surface area (Å²) < 4.78 is 0. The number of hydrogen-bond donors (Lipinski definition) is 1. The van der Waals surface area contributed by atoms with Crippen LogP contribution in [0.5, 0.6) is 0 Å². The lowest BCUT2D eigenvalue weighted by Gasteiger charge is -2.55. The monoisotopic (exact) mass is 412 g/mol. The minimum absolute atomic E-state index is 0.0413. The second kappa shape index (κ2) is 8.42. The van der Waals surface area contributed by atoms with Gasteiger partial charge in [-0.25, -0.2) is 0 Å². The van der Waals surface area contributed by atoms with Gasteiger partial charge in [0.05, 0.1) is 6.10 Å². The molecule has 4 rings (SSSR count). The molecule has 1 nitrogen and oxygen atoms in total. The van der Waals surface area contributed by atoms with Crippen molar-refractivity contribution in [2.24, 2.45) is 46.3 Å². The maximum atomic E-state index is 10.3. The van der Waals surface area contributed by atoms with E-state index in [1.54, 1.807) is 0 Å². The van der Waals surface area contributed by atoms with Gasteiger partial charge in [-0.2, -0.15) is 0 Å². The molecular formula is C29H48O. The van der Waals surface area contributed by atoms with Gasteiger partial charge >= 0.3 is 0 Å². The molecule has 1 heteroatoms. The molecular weight excluding hydrogens is 364 g/mol. The Morgan fingerprint density at radius 1 is 1.00 bits per heavy atom. The number of fused-ring (bicyclic) bond motifs is 4. The summed E-state index contributed by atoms with van der Waals surface area (Å²) in [5.41, 5.74) is 4.65. The van der Waals surface area contributed by atoms with E-state index < -0.39 is 0 Å². The fourth-order valence-electron chi connectivity index (χ4n) is 8.62. The third-order valence-electron chi connectivity index (χ3n) is 10.7. The first kappa shape index (κ1) is 22.6. The molecule has 0 radical (unpaired) electrons. The van der Waals surface area contributed by atoms with Gasteiger partial charge in [-0.3, -0.25) is 0 Å². The molecule has 1 unspecified atom stereocenters. The number of aliphatic hydroxyl groups excluding tert-OH is 1. The van der Waals surface area contributed by atoms with Crippen LogP contribution in [0.15, 0.2) is 23.3 Å². The van der Waals surface area contributed by atoms with E-state index in [2.05, 4.69) is 53.7 Å². The Morgan fingerprint density at radius 3 is 2.47 bits per heavy atom. The normalized spacial score (nSPS) is 43.5. The van der Waals surface area contributed by atoms with Crippen LogP contribution in [0.25, 0.3) is 0 Å². The molecule has 8 atom stereocenters. The largest absolute Gasteiger partial charge is 0.393 e. The van der Waals surface area contributed by atoms with Gasteiger partial charge in [0.1, 0.15) is 0 Å². The number of rotatable bonds is 5. The van der Waals surface area contributed by atoms with Crippen LogP contribution in [-0.4, -0.2) is 11.2 Å². The molecule has 30 heavy (non-hydrogen) atoms. The summed E-state index contributed by atoms with van der Waals surface area (Å²) >= 11 is 0. The molecule has 0 amide bonds. The van der Waals surface area contributed by atoms with Crippen molar-refractivity contribution in [2.75, 3.05) is 0 Å². The molecule has 4 aliphatic rings. The van der Waals surface area contributed by atoms with Crippen molar-refractivity contribution in [3.05, 3.63) is 23.3 Å². The average Bonchev–Trinajstić information content (AvgIpc) is 3.06. The smallest absolute Gasteiger partial charge is 0.0543 e. The van der Waals surface area contributed by atoms with Gasteiger partial charge in [0, 0.05) is 0 Å². The Labute approximate surface area is 186 Å². The van der Waals surface area contributed by atoms with Crippen molar-refractivity contribution in [1.82, 2.24) is 0 Å². The van der Waals surface area contributed by atoms with Gasteiger partial charge < -0.3 is 5.11 Å². The average molecular weight is 413 g/mol. The highest BCUT2D eigenvalue weighted by Gasteiger charge is 2.55. The lowest BCUT2D eigenvalue weighted by molar-refractivity contribution is 0.0145. The van der Waals surface area contributed by atoms with Crippen molar-refractivity contribution in [3.63, 3.8) is 0 Å². The minimum Gasteiger partial charge on any atom is -0.393 e. The first-order valence-electron chi connectivity index (χ1n) is 13.3. The lowest BCUT2D eigenvalue weighted by Crippen LogP contribution is -2.45. The first-order valence-corrected chi connectivity index (χ1v) is 13.3. The van der Waals surface area contributed by atoms with Crippen molar-refractivity contribution < 1.29 is 5.11 Å². The Balaban J connectivity index is 1.55. The molecule has 0 bridgehead atoms. The quantitative estimate of drug-likeness (QED) is 0.454. The van der Waals surface area contributed by atoms with E-state index in [0.29, 0.717) is 16.7 Å². The number of hydrogen-bond acceptors (Lipinski definition) is 1. The van der Waals surface area contributed by atoms with Crippen LogP contribution >= 0.6 is 0 Å². The van der Waals surface area contributed by atoms with E-state index in [0.717, 1.165) is 42.4 Å².